The highest BCUT2D eigenvalue weighted by Crippen LogP contribution is 2.29. The summed E-state index contributed by atoms with van der Waals surface area (Å²) in [7, 11) is 0. The van der Waals surface area contributed by atoms with Crippen molar-refractivity contribution >= 4 is 35.9 Å². The van der Waals surface area contributed by atoms with E-state index in [4.69, 9.17) is 5.11 Å². The molecular weight excluding hydrogens is 284 g/mol. The molecule has 0 spiro atoms. The first-order valence-corrected chi connectivity index (χ1v) is 6.50. The van der Waals surface area contributed by atoms with Gasteiger partial charge in [0.25, 0.3) is 5.69 Å². The number of nitro groups is 1. The third-order valence-electron chi connectivity index (χ3n) is 3.18. The van der Waals surface area contributed by atoms with Crippen LogP contribution in [0.5, 0.6) is 0 Å². The summed E-state index contributed by atoms with van der Waals surface area (Å²) >= 11 is 4.14. The zero-order chi connectivity index (χ0) is 14.9. The summed E-state index contributed by atoms with van der Waals surface area (Å²) in [5.41, 5.74) is -0.546. The largest absolute Gasteiger partial charge is 0.477 e. The van der Waals surface area contributed by atoms with Gasteiger partial charge in [-0.05, 0) is 23.8 Å². The Kier molecular flexibility index (Phi) is 3.93. The van der Waals surface area contributed by atoms with E-state index < -0.39 is 22.1 Å². The van der Waals surface area contributed by atoms with Crippen LogP contribution in [0, 0.1) is 16.0 Å². The van der Waals surface area contributed by atoms with Crippen molar-refractivity contribution in [3.63, 3.8) is 0 Å². The van der Waals surface area contributed by atoms with E-state index in [1.807, 2.05) is 0 Å². The second-order valence-corrected chi connectivity index (χ2v) is 4.89. The number of hydrogen-bond donors (Lipinski definition) is 2. The number of thiol groups is 1. The van der Waals surface area contributed by atoms with Gasteiger partial charge in [0.2, 0.25) is 5.91 Å². The van der Waals surface area contributed by atoms with Gasteiger partial charge in [0.15, 0.2) is 0 Å². The van der Waals surface area contributed by atoms with Gasteiger partial charge in [-0.3, -0.25) is 14.9 Å². The normalized spacial score (nSPS) is 18.4. The van der Waals surface area contributed by atoms with E-state index >= 15 is 0 Å². The lowest BCUT2D eigenvalue weighted by Gasteiger charge is -2.16. The van der Waals surface area contributed by atoms with Gasteiger partial charge in [0.1, 0.15) is 5.56 Å². The van der Waals surface area contributed by atoms with Gasteiger partial charge in [-0.2, -0.15) is 12.6 Å². The number of amides is 1. The van der Waals surface area contributed by atoms with Crippen molar-refractivity contribution in [3.8, 4) is 0 Å². The molecule has 1 aromatic carbocycles. The number of carbonyl (C=O) groups excluding carboxylic acids is 1. The summed E-state index contributed by atoms with van der Waals surface area (Å²) in [6.45, 7) is 0.444. The Balaban J connectivity index is 2.39. The van der Waals surface area contributed by atoms with Crippen LogP contribution in [0.25, 0.3) is 0 Å². The average Bonchev–Trinajstić information content (AvgIpc) is 2.79. The maximum absolute atomic E-state index is 11.9. The first-order valence-electron chi connectivity index (χ1n) is 5.87. The highest BCUT2D eigenvalue weighted by Gasteiger charge is 2.31. The molecular formula is C12H12N2O5S. The lowest BCUT2D eigenvalue weighted by atomic mass is 10.1. The van der Waals surface area contributed by atoms with E-state index in [9.17, 15) is 19.7 Å². The van der Waals surface area contributed by atoms with Gasteiger partial charge < -0.3 is 10.0 Å². The Morgan fingerprint density at radius 2 is 2.25 bits per heavy atom. The molecule has 0 aliphatic carbocycles. The van der Waals surface area contributed by atoms with E-state index in [1.165, 1.54) is 17.0 Å². The van der Waals surface area contributed by atoms with Crippen molar-refractivity contribution in [1.82, 2.24) is 0 Å². The lowest BCUT2D eigenvalue weighted by Crippen LogP contribution is -2.25. The zero-order valence-electron chi connectivity index (χ0n) is 10.4. The van der Waals surface area contributed by atoms with Crippen LogP contribution in [0.15, 0.2) is 18.2 Å². The summed E-state index contributed by atoms with van der Waals surface area (Å²) in [4.78, 5) is 34.4. The Bertz CT molecular complexity index is 589. The minimum absolute atomic E-state index is 0.106. The molecule has 1 fully saturated rings. The Morgan fingerprint density at radius 1 is 1.55 bits per heavy atom. The average molecular weight is 296 g/mol. The number of aromatic carboxylic acids is 1. The molecule has 20 heavy (non-hydrogen) atoms. The molecule has 0 radical (unpaired) electrons. The summed E-state index contributed by atoms with van der Waals surface area (Å²) in [5.74, 6) is -0.861. The molecule has 1 saturated heterocycles. The number of carbonyl (C=O) groups is 2. The third-order valence-corrected chi connectivity index (χ3v) is 3.70. The van der Waals surface area contributed by atoms with Crippen LogP contribution in [0.3, 0.4) is 0 Å². The lowest BCUT2D eigenvalue weighted by molar-refractivity contribution is -0.385. The molecule has 0 saturated carbocycles. The van der Waals surface area contributed by atoms with E-state index in [1.54, 1.807) is 0 Å². The van der Waals surface area contributed by atoms with Gasteiger partial charge >= 0.3 is 5.97 Å². The fourth-order valence-corrected chi connectivity index (χ4v) is 2.42. The summed E-state index contributed by atoms with van der Waals surface area (Å²) in [6, 6.07) is 3.67. The fourth-order valence-electron chi connectivity index (χ4n) is 2.18. The van der Waals surface area contributed by atoms with Crippen molar-refractivity contribution in [2.45, 2.75) is 6.42 Å². The highest BCUT2D eigenvalue weighted by atomic mass is 32.1. The molecule has 8 heteroatoms. The van der Waals surface area contributed by atoms with Crippen LogP contribution in [-0.4, -0.2) is 34.2 Å². The van der Waals surface area contributed by atoms with E-state index in [2.05, 4.69) is 12.6 Å². The minimum Gasteiger partial charge on any atom is -0.477 e. The molecule has 0 aromatic heterocycles. The zero-order valence-corrected chi connectivity index (χ0v) is 11.2. The summed E-state index contributed by atoms with van der Waals surface area (Å²) < 4.78 is 0. The second-order valence-electron chi connectivity index (χ2n) is 4.52. The van der Waals surface area contributed by atoms with Crippen LogP contribution in [0.1, 0.15) is 16.8 Å². The monoisotopic (exact) mass is 296 g/mol. The molecule has 2 rings (SSSR count). The smallest absolute Gasteiger partial charge is 0.342 e. The minimum atomic E-state index is -1.39. The number of anilines is 1. The first kappa shape index (κ1) is 14.3. The number of benzene rings is 1. The molecule has 1 atom stereocenters. The van der Waals surface area contributed by atoms with Crippen molar-refractivity contribution in [2.75, 3.05) is 17.2 Å². The number of nitro benzene ring substituents is 1. The van der Waals surface area contributed by atoms with Crippen molar-refractivity contribution < 1.29 is 19.6 Å². The molecule has 1 aliphatic heterocycles. The topological polar surface area (TPSA) is 101 Å². The summed E-state index contributed by atoms with van der Waals surface area (Å²) in [5, 5.41) is 19.8. The van der Waals surface area contributed by atoms with Gasteiger partial charge in [-0.25, -0.2) is 4.79 Å². The standard InChI is InChI=1S/C12H12N2O5S/c15-11-3-7(6-20)5-13(11)8-1-2-10(14(18)19)9(4-8)12(16)17/h1-2,4,7,20H,3,5-6H2,(H,16,17). The molecule has 7 nitrogen and oxygen atoms in total. The van der Waals surface area contributed by atoms with Gasteiger partial charge in [-0.1, -0.05) is 0 Å². The van der Waals surface area contributed by atoms with Crippen LogP contribution in [-0.2, 0) is 4.79 Å². The number of nitrogens with zero attached hydrogens (tertiary/aromatic N) is 2. The van der Waals surface area contributed by atoms with E-state index in [0.29, 0.717) is 24.4 Å². The number of carboxylic acid groups (broad SMARTS) is 1. The van der Waals surface area contributed by atoms with Crippen molar-refractivity contribution in [1.29, 1.82) is 0 Å². The summed E-state index contributed by atoms with van der Waals surface area (Å²) in [6.07, 6.45) is 0.350. The van der Waals surface area contributed by atoms with E-state index in [0.717, 1.165) is 6.07 Å². The Labute approximate surface area is 119 Å². The number of hydrogen-bond acceptors (Lipinski definition) is 5. The number of rotatable bonds is 4. The predicted octanol–water partition coefficient (Wildman–Crippen LogP) is 1.58. The molecule has 1 amide bonds. The predicted molar refractivity (Wildman–Crippen MR) is 74.4 cm³/mol. The van der Waals surface area contributed by atoms with Crippen molar-refractivity contribution in [3.05, 3.63) is 33.9 Å². The second kappa shape index (κ2) is 5.49. The van der Waals surface area contributed by atoms with E-state index in [-0.39, 0.29) is 11.8 Å². The molecule has 1 aliphatic rings. The van der Waals surface area contributed by atoms with Crippen LogP contribution in [0.4, 0.5) is 11.4 Å². The van der Waals surface area contributed by atoms with Crippen LogP contribution >= 0.6 is 12.6 Å². The SMILES string of the molecule is O=C(O)c1cc(N2CC(CS)CC2=O)ccc1[N+](=O)[O-]. The highest BCUT2D eigenvalue weighted by molar-refractivity contribution is 7.80. The molecule has 1 unspecified atom stereocenters. The fraction of sp³-hybridized carbons (Fsp3) is 0.333. The van der Waals surface area contributed by atoms with Gasteiger partial charge in [0.05, 0.1) is 4.92 Å². The van der Waals surface area contributed by atoms with Crippen LogP contribution in [0.2, 0.25) is 0 Å². The van der Waals surface area contributed by atoms with Crippen LogP contribution < -0.4 is 4.90 Å². The molecule has 106 valence electrons. The molecule has 1 N–H and O–H groups in total. The van der Waals surface area contributed by atoms with Crippen molar-refractivity contribution in [2.24, 2.45) is 5.92 Å². The van der Waals surface area contributed by atoms with Gasteiger partial charge in [0, 0.05) is 24.7 Å². The maximum Gasteiger partial charge on any atom is 0.342 e. The number of carboxylic acids is 1. The maximum atomic E-state index is 11.9. The molecule has 1 aromatic rings. The quantitative estimate of drug-likeness (QED) is 0.499. The Hall–Kier alpha value is -2.09. The third kappa shape index (κ3) is 2.60. The Morgan fingerprint density at radius 3 is 2.75 bits per heavy atom. The molecule has 1 heterocycles. The first-order chi connectivity index (χ1) is 9.43. The molecule has 0 bridgehead atoms. The van der Waals surface area contributed by atoms with Gasteiger partial charge in [-0.15, -0.1) is 0 Å².